The first-order valence-electron chi connectivity index (χ1n) is 7.52. The Labute approximate surface area is 123 Å². The highest BCUT2D eigenvalue weighted by Gasteiger charge is 2.44. The highest BCUT2D eigenvalue weighted by molar-refractivity contribution is 5.82. The van der Waals surface area contributed by atoms with Gasteiger partial charge in [-0.3, -0.25) is 9.59 Å². The third kappa shape index (κ3) is 3.35. The van der Waals surface area contributed by atoms with Crippen molar-refractivity contribution in [1.82, 2.24) is 4.90 Å². The second-order valence-electron chi connectivity index (χ2n) is 6.33. The summed E-state index contributed by atoms with van der Waals surface area (Å²) in [6.07, 6.45) is 2.51. The third-order valence-corrected chi connectivity index (χ3v) is 5.09. The van der Waals surface area contributed by atoms with Gasteiger partial charge in [0.05, 0.1) is 0 Å². The van der Waals surface area contributed by atoms with Gasteiger partial charge in [-0.05, 0) is 31.1 Å². The second-order valence-corrected chi connectivity index (χ2v) is 6.33. The van der Waals surface area contributed by atoms with Crippen molar-refractivity contribution in [2.45, 2.75) is 56.8 Å². The summed E-state index contributed by atoms with van der Waals surface area (Å²) in [7, 11) is 0. The molecule has 1 unspecified atom stereocenters. The van der Waals surface area contributed by atoms with Crippen molar-refractivity contribution in [1.29, 1.82) is 0 Å². The maximum atomic E-state index is 13.9. The zero-order valence-corrected chi connectivity index (χ0v) is 12.1. The molecular weight excluding hydrogens is 277 g/mol. The molecule has 1 aliphatic heterocycles. The highest BCUT2D eigenvalue weighted by Crippen LogP contribution is 2.45. The van der Waals surface area contributed by atoms with Crippen LogP contribution in [-0.2, 0) is 9.59 Å². The van der Waals surface area contributed by atoms with Crippen LogP contribution in [0.2, 0.25) is 0 Å². The van der Waals surface area contributed by atoms with Crippen LogP contribution in [0.25, 0.3) is 0 Å². The average molecular weight is 301 g/mol. The number of rotatable bonds is 4. The summed E-state index contributed by atoms with van der Waals surface area (Å²) < 4.78 is 13.9. The van der Waals surface area contributed by atoms with Crippen molar-refractivity contribution in [3.8, 4) is 0 Å². The molecule has 1 amide bonds. The van der Waals surface area contributed by atoms with Gasteiger partial charge in [0.1, 0.15) is 6.04 Å². The summed E-state index contributed by atoms with van der Waals surface area (Å²) in [5, 5.41) is 8.66. The SMILES string of the molecule is NC1CCCC12CCN(C(=O)[C@@H](F)C[C@H](N)C(=O)O)CC2. The maximum Gasteiger partial charge on any atom is 0.320 e. The first kappa shape index (κ1) is 16.2. The Morgan fingerprint density at radius 3 is 2.43 bits per heavy atom. The molecule has 1 spiro atoms. The topological polar surface area (TPSA) is 110 Å². The molecule has 0 radical (unpaired) electrons. The lowest BCUT2D eigenvalue weighted by Crippen LogP contribution is -2.50. The van der Waals surface area contributed by atoms with Crippen molar-refractivity contribution in [3.63, 3.8) is 0 Å². The van der Waals surface area contributed by atoms with E-state index in [0.29, 0.717) is 13.1 Å². The molecule has 1 aliphatic carbocycles. The molecule has 0 aromatic carbocycles. The van der Waals surface area contributed by atoms with Crippen LogP contribution in [0.4, 0.5) is 4.39 Å². The summed E-state index contributed by atoms with van der Waals surface area (Å²) in [6.45, 7) is 0.991. The zero-order valence-electron chi connectivity index (χ0n) is 12.1. The molecule has 3 atom stereocenters. The molecule has 6 nitrogen and oxygen atoms in total. The van der Waals surface area contributed by atoms with Gasteiger partial charge in [-0.2, -0.15) is 0 Å². The van der Waals surface area contributed by atoms with E-state index in [4.69, 9.17) is 16.6 Å². The number of piperidine rings is 1. The zero-order chi connectivity index (χ0) is 15.6. The molecule has 1 saturated carbocycles. The molecule has 5 N–H and O–H groups in total. The lowest BCUT2D eigenvalue weighted by atomic mass is 9.74. The van der Waals surface area contributed by atoms with Gasteiger partial charge in [0.15, 0.2) is 6.17 Å². The minimum atomic E-state index is -1.84. The van der Waals surface area contributed by atoms with Crippen LogP contribution >= 0.6 is 0 Å². The molecule has 2 rings (SSSR count). The molecule has 7 heteroatoms. The summed E-state index contributed by atoms with van der Waals surface area (Å²) in [5.41, 5.74) is 11.5. The van der Waals surface area contributed by atoms with Gasteiger partial charge in [0.25, 0.3) is 5.91 Å². The average Bonchev–Trinajstić information content (AvgIpc) is 2.80. The summed E-state index contributed by atoms with van der Waals surface area (Å²) in [6, 6.07) is -1.17. The van der Waals surface area contributed by atoms with Gasteiger partial charge >= 0.3 is 5.97 Å². The van der Waals surface area contributed by atoms with Gasteiger partial charge in [0.2, 0.25) is 0 Å². The lowest BCUT2D eigenvalue weighted by Gasteiger charge is -2.42. The molecule has 1 saturated heterocycles. The van der Waals surface area contributed by atoms with E-state index in [9.17, 15) is 14.0 Å². The van der Waals surface area contributed by atoms with Crippen LogP contribution in [0.5, 0.6) is 0 Å². The summed E-state index contributed by atoms with van der Waals surface area (Å²) in [4.78, 5) is 24.1. The molecule has 0 aromatic rings. The van der Waals surface area contributed by atoms with Crippen LogP contribution in [0.3, 0.4) is 0 Å². The van der Waals surface area contributed by atoms with E-state index in [0.717, 1.165) is 32.1 Å². The fourth-order valence-electron chi connectivity index (χ4n) is 3.58. The molecular formula is C14H24FN3O3. The lowest BCUT2D eigenvalue weighted by molar-refractivity contribution is -0.142. The highest BCUT2D eigenvalue weighted by atomic mass is 19.1. The molecule has 1 heterocycles. The predicted octanol–water partition coefficient (Wildman–Crippen LogP) is 0.246. The minimum Gasteiger partial charge on any atom is -0.480 e. The number of nitrogens with two attached hydrogens (primary N) is 2. The number of carboxylic acid groups (broad SMARTS) is 1. The normalized spacial score (nSPS) is 27.6. The number of hydrogen-bond acceptors (Lipinski definition) is 4. The van der Waals surface area contributed by atoms with Crippen LogP contribution < -0.4 is 11.5 Å². The van der Waals surface area contributed by atoms with Crippen LogP contribution in [0.15, 0.2) is 0 Å². The standard InChI is InChI=1S/C14H24FN3O3/c15-9(8-10(16)13(20)21)12(19)18-6-4-14(5-7-18)3-1-2-11(14)17/h9-11H,1-8,16-17H2,(H,20,21)/t9-,10-,11?/m0/s1. The van der Waals surface area contributed by atoms with Crippen molar-refractivity contribution >= 4 is 11.9 Å². The first-order valence-corrected chi connectivity index (χ1v) is 7.52. The van der Waals surface area contributed by atoms with E-state index < -0.39 is 30.5 Å². The number of carbonyl (C=O) groups is 2. The second kappa shape index (κ2) is 6.27. The number of halogens is 1. The van der Waals surface area contributed by atoms with Gasteiger partial charge in [-0.1, -0.05) is 6.42 Å². The predicted molar refractivity (Wildman–Crippen MR) is 75.2 cm³/mol. The number of carboxylic acids is 1. The largest absolute Gasteiger partial charge is 0.480 e. The molecule has 120 valence electrons. The Morgan fingerprint density at radius 1 is 1.33 bits per heavy atom. The smallest absolute Gasteiger partial charge is 0.320 e. The molecule has 2 fully saturated rings. The molecule has 0 bridgehead atoms. The molecule has 0 aromatic heterocycles. The Balaban J connectivity index is 1.86. The molecule has 2 aliphatic rings. The fourth-order valence-corrected chi connectivity index (χ4v) is 3.58. The third-order valence-electron chi connectivity index (χ3n) is 5.09. The van der Waals surface area contributed by atoms with E-state index >= 15 is 0 Å². The van der Waals surface area contributed by atoms with Crippen molar-refractivity contribution in [2.24, 2.45) is 16.9 Å². The number of hydrogen-bond donors (Lipinski definition) is 3. The fraction of sp³-hybridized carbons (Fsp3) is 0.857. The van der Waals surface area contributed by atoms with Crippen LogP contribution in [0.1, 0.15) is 38.5 Å². The van der Waals surface area contributed by atoms with Crippen molar-refractivity contribution in [3.05, 3.63) is 0 Å². The van der Waals surface area contributed by atoms with Gasteiger partial charge in [-0.15, -0.1) is 0 Å². The van der Waals surface area contributed by atoms with Gasteiger partial charge in [0, 0.05) is 25.6 Å². The monoisotopic (exact) mass is 301 g/mol. The van der Waals surface area contributed by atoms with Crippen LogP contribution in [0, 0.1) is 5.41 Å². The Kier molecular flexibility index (Phi) is 4.83. The van der Waals surface area contributed by atoms with E-state index in [2.05, 4.69) is 0 Å². The number of carbonyl (C=O) groups excluding carboxylic acids is 1. The van der Waals surface area contributed by atoms with Gasteiger partial charge < -0.3 is 21.5 Å². The van der Waals surface area contributed by atoms with E-state index in [-0.39, 0.29) is 11.5 Å². The van der Waals surface area contributed by atoms with Crippen molar-refractivity contribution in [2.75, 3.05) is 13.1 Å². The molecule has 21 heavy (non-hydrogen) atoms. The quantitative estimate of drug-likeness (QED) is 0.689. The Bertz CT molecular complexity index is 410. The van der Waals surface area contributed by atoms with Gasteiger partial charge in [-0.25, -0.2) is 4.39 Å². The summed E-state index contributed by atoms with van der Waals surface area (Å²) in [5.74, 6) is -1.94. The first-order chi connectivity index (χ1) is 9.85. The Hall–Kier alpha value is -1.21. The summed E-state index contributed by atoms with van der Waals surface area (Å²) >= 11 is 0. The van der Waals surface area contributed by atoms with E-state index in [1.54, 1.807) is 0 Å². The van der Waals surface area contributed by atoms with E-state index in [1.165, 1.54) is 4.90 Å². The number of likely N-dealkylation sites (tertiary alicyclic amines) is 1. The number of alkyl halides is 1. The number of aliphatic carboxylic acids is 1. The van der Waals surface area contributed by atoms with Crippen molar-refractivity contribution < 1.29 is 19.1 Å². The van der Waals surface area contributed by atoms with E-state index in [1.807, 2.05) is 0 Å². The Morgan fingerprint density at radius 2 is 1.95 bits per heavy atom. The maximum absolute atomic E-state index is 13.9. The number of amides is 1. The van der Waals surface area contributed by atoms with Crippen LogP contribution in [-0.4, -0.2) is 53.2 Å². The number of nitrogens with zero attached hydrogens (tertiary/aromatic N) is 1. The minimum absolute atomic E-state index is 0.111.